The van der Waals surface area contributed by atoms with Gasteiger partial charge in [0.1, 0.15) is 5.60 Å². The summed E-state index contributed by atoms with van der Waals surface area (Å²) in [4.78, 5) is 19.1. The van der Waals surface area contributed by atoms with Crippen LogP contribution in [-0.4, -0.2) is 36.8 Å². The molecule has 7 heteroatoms. The van der Waals surface area contributed by atoms with Gasteiger partial charge in [0.2, 0.25) is 0 Å². The Bertz CT molecular complexity index is 714. The fourth-order valence-corrected chi connectivity index (χ4v) is 3.56. The summed E-state index contributed by atoms with van der Waals surface area (Å²) in [6.07, 6.45) is -0.255. The third-order valence-electron chi connectivity index (χ3n) is 4.36. The van der Waals surface area contributed by atoms with Crippen LogP contribution in [0.15, 0.2) is 23.8 Å². The Labute approximate surface area is 157 Å². The summed E-state index contributed by atoms with van der Waals surface area (Å²) in [6.45, 7) is 6.93. The largest absolute Gasteiger partial charge is 0.444 e. The number of likely N-dealkylation sites (tertiary alicyclic amines) is 1. The maximum absolute atomic E-state index is 12.2. The molecule has 1 aromatic carbocycles. The standard InChI is InChI=1S/C18H22Cl2N2O3/c1-18(2,3)25-17(23)22-8-11-12(9-22)15(11)16(21-24-4)10-5-6-13(19)14(20)7-10/h5-7,11-12,21H,8-9H2,1-4H3. The number of hydrogen-bond donors (Lipinski definition) is 1. The quantitative estimate of drug-likeness (QED) is 0.786. The van der Waals surface area contributed by atoms with Gasteiger partial charge in [0, 0.05) is 30.5 Å². The van der Waals surface area contributed by atoms with Crippen molar-refractivity contribution in [2.24, 2.45) is 11.8 Å². The minimum atomic E-state index is -0.481. The Balaban J connectivity index is 1.76. The summed E-state index contributed by atoms with van der Waals surface area (Å²) in [5.74, 6) is 0.638. The van der Waals surface area contributed by atoms with Gasteiger partial charge in [0.05, 0.1) is 22.9 Å². The SMILES string of the molecule is CONC(=C1C2CN(C(=O)OC(C)(C)C)CC12)c1ccc(Cl)c(Cl)c1. The predicted octanol–water partition coefficient (Wildman–Crippen LogP) is 4.35. The fourth-order valence-electron chi connectivity index (χ4n) is 3.26. The first-order valence-electron chi connectivity index (χ1n) is 8.17. The van der Waals surface area contributed by atoms with Crippen LogP contribution in [0.2, 0.25) is 10.0 Å². The van der Waals surface area contributed by atoms with Crippen LogP contribution in [-0.2, 0) is 9.57 Å². The molecule has 136 valence electrons. The molecule has 0 bridgehead atoms. The molecule has 2 fully saturated rings. The molecule has 0 spiro atoms. The Morgan fingerprint density at radius 3 is 2.36 bits per heavy atom. The summed E-state index contributed by atoms with van der Waals surface area (Å²) in [7, 11) is 1.57. The number of nitrogens with zero attached hydrogens (tertiary/aromatic N) is 1. The number of hydroxylamine groups is 1. The van der Waals surface area contributed by atoms with E-state index in [0.29, 0.717) is 35.0 Å². The zero-order valence-corrected chi connectivity index (χ0v) is 16.2. The maximum Gasteiger partial charge on any atom is 0.410 e. The second kappa shape index (κ2) is 6.71. The lowest BCUT2D eigenvalue weighted by molar-refractivity contribution is 0.0280. The van der Waals surface area contributed by atoms with Crippen molar-refractivity contribution >= 4 is 35.0 Å². The summed E-state index contributed by atoms with van der Waals surface area (Å²) >= 11 is 12.1. The molecule has 3 rings (SSSR count). The Morgan fingerprint density at radius 2 is 1.84 bits per heavy atom. The highest BCUT2D eigenvalue weighted by Gasteiger charge is 2.54. The molecule has 2 unspecified atom stereocenters. The Kier molecular flexibility index (Phi) is 4.93. The first-order valence-corrected chi connectivity index (χ1v) is 8.93. The molecular formula is C18H22Cl2N2O3. The highest BCUT2D eigenvalue weighted by molar-refractivity contribution is 6.42. The molecule has 0 aromatic heterocycles. The summed E-state index contributed by atoms with van der Waals surface area (Å²) in [5.41, 5.74) is 5.55. The van der Waals surface area contributed by atoms with Gasteiger partial charge < -0.3 is 9.64 Å². The van der Waals surface area contributed by atoms with Gasteiger partial charge in [-0.3, -0.25) is 10.3 Å². The number of carbonyl (C=O) groups excluding carboxylic acids is 1. The van der Waals surface area contributed by atoms with E-state index in [2.05, 4.69) is 5.48 Å². The molecule has 5 nitrogen and oxygen atoms in total. The van der Waals surface area contributed by atoms with Gasteiger partial charge in [0.15, 0.2) is 0 Å². The normalized spacial score (nSPS) is 21.8. The third-order valence-corrected chi connectivity index (χ3v) is 5.10. The van der Waals surface area contributed by atoms with Gasteiger partial charge in [-0.2, -0.15) is 0 Å². The van der Waals surface area contributed by atoms with E-state index in [-0.39, 0.29) is 6.09 Å². The number of amides is 1. The van der Waals surface area contributed by atoms with Crippen LogP contribution in [0.3, 0.4) is 0 Å². The summed E-state index contributed by atoms with van der Waals surface area (Å²) in [5, 5.41) is 1.01. The minimum absolute atomic E-state index is 0.255. The number of hydrogen-bond acceptors (Lipinski definition) is 4. The third kappa shape index (κ3) is 3.89. The fraction of sp³-hybridized carbons (Fsp3) is 0.500. The van der Waals surface area contributed by atoms with E-state index in [1.54, 1.807) is 18.1 Å². The first-order chi connectivity index (χ1) is 11.7. The van der Waals surface area contributed by atoms with Crippen molar-refractivity contribution in [3.8, 4) is 0 Å². The summed E-state index contributed by atoms with van der Waals surface area (Å²) in [6, 6.07) is 5.49. The average Bonchev–Trinajstić information content (AvgIpc) is 2.98. The van der Waals surface area contributed by atoms with Gasteiger partial charge in [-0.15, -0.1) is 0 Å². The van der Waals surface area contributed by atoms with Gasteiger partial charge in [-0.25, -0.2) is 4.79 Å². The van der Waals surface area contributed by atoms with Crippen molar-refractivity contribution in [1.82, 2.24) is 10.4 Å². The number of ether oxygens (including phenoxy) is 1. The van der Waals surface area contributed by atoms with Gasteiger partial charge >= 0.3 is 6.09 Å². The molecule has 25 heavy (non-hydrogen) atoms. The first kappa shape index (κ1) is 18.4. The topological polar surface area (TPSA) is 50.8 Å². The molecule has 1 heterocycles. The second-order valence-electron chi connectivity index (χ2n) is 7.36. The van der Waals surface area contributed by atoms with E-state index < -0.39 is 5.60 Å². The van der Waals surface area contributed by atoms with Gasteiger partial charge in [0.25, 0.3) is 0 Å². The van der Waals surface area contributed by atoms with Crippen LogP contribution in [0, 0.1) is 11.8 Å². The lowest BCUT2D eigenvalue weighted by atomic mass is 10.1. The average molecular weight is 385 g/mol. The molecule has 1 saturated heterocycles. The van der Waals surface area contributed by atoms with Crippen LogP contribution in [0.1, 0.15) is 26.3 Å². The molecular weight excluding hydrogens is 363 g/mol. The van der Waals surface area contributed by atoms with Gasteiger partial charge in [-0.1, -0.05) is 29.3 Å². The van der Waals surface area contributed by atoms with Crippen molar-refractivity contribution in [2.45, 2.75) is 26.4 Å². The second-order valence-corrected chi connectivity index (χ2v) is 8.18. The molecule has 0 radical (unpaired) electrons. The van der Waals surface area contributed by atoms with Crippen molar-refractivity contribution in [2.75, 3.05) is 20.2 Å². The number of nitrogens with one attached hydrogen (secondary N) is 1. The van der Waals surface area contributed by atoms with Crippen LogP contribution in [0.5, 0.6) is 0 Å². The lowest BCUT2D eigenvalue weighted by Gasteiger charge is -2.25. The number of benzene rings is 1. The highest BCUT2D eigenvalue weighted by atomic mass is 35.5. The number of piperidine rings is 1. The molecule has 1 aliphatic carbocycles. The van der Waals surface area contributed by atoms with Crippen LogP contribution in [0.4, 0.5) is 4.79 Å². The maximum atomic E-state index is 12.2. The number of rotatable bonds is 3. The van der Waals surface area contributed by atoms with Crippen molar-refractivity contribution in [3.05, 3.63) is 39.4 Å². The van der Waals surface area contributed by atoms with Crippen LogP contribution in [0.25, 0.3) is 5.70 Å². The number of fused-ring (bicyclic) bond motifs is 1. The monoisotopic (exact) mass is 384 g/mol. The number of halogens is 2. The zero-order valence-electron chi connectivity index (χ0n) is 14.7. The molecule has 1 aromatic rings. The minimum Gasteiger partial charge on any atom is -0.444 e. The Morgan fingerprint density at radius 1 is 1.20 bits per heavy atom. The van der Waals surface area contributed by atoms with Crippen molar-refractivity contribution in [1.29, 1.82) is 0 Å². The predicted molar refractivity (Wildman–Crippen MR) is 98.3 cm³/mol. The molecule has 1 amide bonds. The zero-order chi connectivity index (χ0) is 18.4. The highest BCUT2D eigenvalue weighted by Crippen LogP contribution is 2.54. The molecule has 2 atom stereocenters. The van der Waals surface area contributed by atoms with E-state index in [0.717, 1.165) is 11.3 Å². The van der Waals surface area contributed by atoms with E-state index in [4.69, 9.17) is 32.8 Å². The smallest absolute Gasteiger partial charge is 0.410 e. The van der Waals surface area contributed by atoms with Crippen LogP contribution >= 0.6 is 23.2 Å². The lowest BCUT2D eigenvalue weighted by Crippen LogP contribution is -2.36. The van der Waals surface area contributed by atoms with E-state index in [1.165, 1.54) is 5.57 Å². The Hall–Kier alpha value is -1.43. The van der Waals surface area contributed by atoms with E-state index in [1.807, 2.05) is 32.9 Å². The molecule has 2 aliphatic rings. The molecule has 1 saturated carbocycles. The molecule has 1 aliphatic heterocycles. The van der Waals surface area contributed by atoms with E-state index >= 15 is 0 Å². The van der Waals surface area contributed by atoms with Gasteiger partial charge in [-0.05, 0) is 38.5 Å². The molecule has 1 N–H and O–H groups in total. The summed E-state index contributed by atoms with van der Waals surface area (Å²) < 4.78 is 5.45. The van der Waals surface area contributed by atoms with Crippen LogP contribution < -0.4 is 5.48 Å². The van der Waals surface area contributed by atoms with Crippen molar-refractivity contribution < 1.29 is 14.4 Å². The van der Waals surface area contributed by atoms with Crippen molar-refractivity contribution in [3.63, 3.8) is 0 Å². The van der Waals surface area contributed by atoms with E-state index in [9.17, 15) is 4.79 Å². The number of carbonyl (C=O) groups is 1.